The van der Waals surface area contributed by atoms with Crippen molar-refractivity contribution in [2.45, 2.75) is 31.8 Å². The third-order valence-electron chi connectivity index (χ3n) is 5.02. The molecule has 12 heteroatoms. The van der Waals surface area contributed by atoms with Crippen molar-refractivity contribution in [3.8, 4) is 18.0 Å². The lowest BCUT2D eigenvalue weighted by Gasteiger charge is -2.44. The monoisotopic (exact) mass is 438 g/mol. The van der Waals surface area contributed by atoms with Gasteiger partial charge in [0.15, 0.2) is 0 Å². The molecule has 1 N–H and O–H groups in total. The molecule has 0 unspecified atom stereocenters. The number of pyridine rings is 2. The molecule has 154 valence electrons. The van der Waals surface area contributed by atoms with Crippen molar-refractivity contribution in [1.29, 1.82) is 10.5 Å². The fourth-order valence-electron chi connectivity index (χ4n) is 3.59. The van der Waals surface area contributed by atoms with Crippen LogP contribution in [0.4, 0.5) is 14.6 Å². The highest BCUT2D eigenvalue weighted by atomic mass is 35.5. The van der Waals surface area contributed by atoms with Gasteiger partial charge < -0.3 is 15.0 Å². The van der Waals surface area contributed by atoms with Crippen molar-refractivity contribution in [2.24, 2.45) is 0 Å². The number of ether oxygens (including phenoxy) is 1. The summed E-state index contributed by atoms with van der Waals surface area (Å²) in [5, 5.41) is 19.8. The molecule has 0 atom stereocenters. The van der Waals surface area contributed by atoms with Gasteiger partial charge in [-0.3, -0.25) is 0 Å². The van der Waals surface area contributed by atoms with E-state index in [9.17, 15) is 14.0 Å². The minimum Gasteiger partial charge on any atom is -0.417 e. The smallest absolute Gasteiger partial charge is 0.388 e. The van der Waals surface area contributed by atoms with Crippen LogP contribution in [0.25, 0.3) is 0 Å². The Hall–Kier alpha value is -2.88. The molecule has 4 radical (unpaired) electrons. The third-order valence-corrected chi connectivity index (χ3v) is 5.29. The molecule has 31 heavy (non-hydrogen) atoms. The molecule has 0 fully saturated rings. The Balaban J connectivity index is 1.96. The Morgan fingerprint density at radius 2 is 2.06 bits per heavy atom. The maximum absolute atomic E-state index is 12.4. The highest BCUT2D eigenvalue weighted by Gasteiger charge is 2.34. The summed E-state index contributed by atoms with van der Waals surface area (Å²) in [5.74, 6) is 0.195. The number of alkyl halides is 2. The number of nitrogens with one attached hydrogen (secondary N) is 1. The second-order valence-corrected chi connectivity index (χ2v) is 7.22. The number of aromatic nitrogens is 2. The first-order valence-corrected chi connectivity index (χ1v) is 9.54. The first kappa shape index (κ1) is 22.8. The molecular weight excluding hydrogens is 423 g/mol. The van der Waals surface area contributed by atoms with Crippen LogP contribution in [0.2, 0.25) is 5.15 Å². The number of aryl methyl sites for hydroxylation is 1. The summed E-state index contributed by atoms with van der Waals surface area (Å²) >= 11 is 6.19. The molecule has 0 saturated heterocycles. The average Bonchev–Trinajstić information content (AvgIpc) is 2.71. The number of hydrogen-bond donors (Lipinski definition) is 1. The molecule has 2 aromatic heterocycles. The fourth-order valence-corrected chi connectivity index (χ4v) is 3.83. The summed E-state index contributed by atoms with van der Waals surface area (Å²) in [4.78, 5) is 9.94. The molecule has 1 aliphatic rings. The molecule has 7 nitrogen and oxygen atoms in total. The molecule has 0 saturated carbocycles. The van der Waals surface area contributed by atoms with E-state index in [1.807, 2.05) is 6.07 Å². The van der Waals surface area contributed by atoms with Gasteiger partial charge in [0.1, 0.15) is 23.6 Å². The van der Waals surface area contributed by atoms with Crippen molar-refractivity contribution in [3.05, 3.63) is 45.2 Å². The first-order chi connectivity index (χ1) is 14.7. The van der Waals surface area contributed by atoms with Gasteiger partial charge in [-0.25, -0.2) is 9.97 Å². The molecule has 0 bridgehead atoms. The van der Waals surface area contributed by atoms with Gasteiger partial charge in [0.25, 0.3) is 0 Å². The second-order valence-electron chi connectivity index (χ2n) is 6.86. The summed E-state index contributed by atoms with van der Waals surface area (Å²) < 4.78 is 29.2. The van der Waals surface area contributed by atoms with Crippen LogP contribution in [-0.2, 0) is 18.3 Å². The lowest BCUT2D eigenvalue weighted by atomic mass is 9.56. The van der Waals surface area contributed by atoms with E-state index in [-0.39, 0.29) is 29.7 Å². The molecule has 3 rings (SSSR count). The molecule has 0 aromatic carbocycles. The maximum atomic E-state index is 12.4. The zero-order valence-electron chi connectivity index (χ0n) is 16.5. The van der Waals surface area contributed by atoms with Gasteiger partial charge >= 0.3 is 6.61 Å². The maximum Gasteiger partial charge on any atom is 0.388 e. The first-order valence-electron chi connectivity index (χ1n) is 9.17. The zero-order valence-corrected chi connectivity index (χ0v) is 17.2. The molecule has 0 spiro atoms. The van der Waals surface area contributed by atoms with Crippen LogP contribution in [0, 0.1) is 29.6 Å². The van der Waals surface area contributed by atoms with E-state index in [4.69, 9.17) is 32.6 Å². The molecule has 0 amide bonds. The lowest BCUT2D eigenvalue weighted by molar-refractivity contribution is -0.0529. The topological polar surface area (TPSA) is 97.9 Å². The van der Waals surface area contributed by atoms with Crippen LogP contribution in [0.1, 0.15) is 27.9 Å². The summed E-state index contributed by atoms with van der Waals surface area (Å²) in [5.41, 5.74) is 2.32. The zero-order chi connectivity index (χ0) is 22.8. The van der Waals surface area contributed by atoms with E-state index >= 15 is 0 Å². The predicted octanol–water partition coefficient (Wildman–Crippen LogP) is 2.35. The van der Waals surface area contributed by atoms with Gasteiger partial charge in [-0.15, -0.1) is 0 Å². The minimum absolute atomic E-state index is 0.00882. The highest BCUT2D eigenvalue weighted by Crippen LogP contribution is 2.36. The Labute approximate surface area is 185 Å². The number of halogens is 3. The van der Waals surface area contributed by atoms with Gasteiger partial charge in [0, 0.05) is 30.4 Å². The van der Waals surface area contributed by atoms with E-state index in [1.54, 1.807) is 11.8 Å². The number of fused-ring (bicyclic) bond motifs is 1. The standard InChI is InChI=1S/C19H15B2ClF2N6O/c1-10-14(2-3-15(28-10)31-18(23)24)19(20,21)30-7-4-11-13(9-30)12(8-26)16(22)29-17(11)27-6-5-25/h2-3,18H,4,6-7,9H2,1H3,(H,27,29). The molecule has 1 aliphatic heterocycles. The Morgan fingerprint density at radius 3 is 2.68 bits per heavy atom. The molecule has 3 heterocycles. The molecular formula is C19H15B2ClF2N6O. The van der Waals surface area contributed by atoms with Crippen molar-refractivity contribution in [2.75, 3.05) is 18.4 Å². The summed E-state index contributed by atoms with van der Waals surface area (Å²) in [7, 11) is 12.9. The number of nitrogens with zero attached hydrogens (tertiary/aromatic N) is 5. The van der Waals surface area contributed by atoms with Crippen LogP contribution in [0.3, 0.4) is 0 Å². The van der Waals surface area contributed by atoms with Gasteiger partial charge in [-0.2, -0.15) is 19.3 Å². The predicted molar refractivity (Wildman–Crippen MR) is 111 cm³/mol. The van der Waals surface area contributed by atoms with E-state index in [1.165, 1.54) is 12.1 Å². The number of rotatable bonds is 6. The van der Waals surface area contributed by atoms with Crippen molar-refractivity contribution >= 4 is 33.1 Å². The highest BCUT2D eigenvalue weighted by molar-refractivity contribution is 6.39. The molecule has 2 aromatic rings. The minimum atomic E-state index is -3.00. The third kappa shape index (κ3) is 4.58. The number of nitriles is 2. The van der Waals surface area contributed by atoms with Crippen molar-refractivity contribution < 1.29 is 13.5 Å². The van der Waals surface area contributed by atoms with E-state index < -0.39 is 11.9 Å². The van der Waals surface area contributed by atoms with E-state index in [0.29, 0.717) is 35.6 Å². The number of anilines is 1. The van der Waals surface area contributed by atoms with Crippen molar-refractivity contribution in [1.82, 2.24) is 14.9 Å². The number of hydrogen-bond acceptors (Lipinski definition) is 7. The van der Waals surface area contributed by atoms with Gasteiger partial charge in [-0.05, 0) is 29.8 Å². The summed E-state index contributed by atoms with van der Waals surface area (Å²) in [6.45, 7) is -0.788. The quantitative estimate of drug-likeness (QED) is 0.420. The van der Waals surface area contributed by atoms with Crippen LogP contribution in [0.5, 0.6) is 5.88 Å². The van der Waals surface area contributed by atoms with Crippen LogP contribution in [-0.4, -0.2) is 50.3 Å². The second kappa shape index (κ2) is 9.09. The van der Waals surface area contributed by atoms with E-state index in [0.717, 1.165) is 5.56 Å². The Morgan fingerprint density at radius 1 is 1.32 bits per heavy atom. The molecule has 0 aliphatic carbocycles. The van der Waals surface area contributed by atoms with Crippen LogP contribution >= 0.6 is 11.6 Å². The summed E-state index contributed by atoms with van der Waals surface area (Å²) in [6, 6.07) is 6.79. The average molecular weight is 438 g/mol. The van der Waals surface area contributed by atoms with Gasteiger partial charge in [0.2, 0.25) is 5.88 Å². The normalized spacial score (nSPS) is 13.9. The Kier molecular flexibility index (Phi) is 6.68. The van der Waals surface area contributed by atoms with E-state index in [2.05, 4.69) is 26.1 Å². The fraction of sp³-hybridized carbons (Fsp3) is 0.368. The van der Waals surface area contributed by atoms with Crippen LogP contribution < -0.4 is 10.1 Å². The lowest BCUT2D eigenvalue weighted by Crippen LogP contribution is -2.50. The van der Waals surface area contributed by atoms with Gasteiger partial charge in [-0.1, -0.05) is 17.7 Å². The SMILES string of the molecule is [B]C([B])(c1ccc(OC(F)F)nc1C)N1CCc2c(NCC#N)nc(Cl)c(C#N)c2C1. The van der Waals surface area contributed by atoms with Crippen molar-refractivity contribution in [3.63, 3.8) is 0 Å². The summed E-state index contributed by atoms with van der Waals surface area (Å²) in [6.07, 6.45) is 0.442. The Bertz CT molecular complexity index is 1090. The van der Waals surface area contributed by atoms with Gasteiger partial charge in [0.05, 0.1) is 27.3 Å². The van der Waals surface area contributed by atoms with Crippen LogP contribution in [0.15, 0.2) is 12.1 Å². The largest absolute Gasteiger partial charge is 0.417 e.